The number of carbonyl (C=O) groups excluding carboxylic acids is 1. The topological polar surface area (TPSA) is 110 Å². The molecule has 0 radical (unpaired) electrons. The maximum Gasteiger partial charge on any atom is 0.256 e. The van der Waals surface area contributed by atoms with Crippen molar-refractivity contribution in [2.45, 2.75) is 71.3 Å². The summed E-state index contributed by atoms with van der Waals surface area (Å²) in [6, 6.07) is 18.6. The average Bonchev–Trinajstić information content (AvgIpc) is 3.52. The van der Waals surface area contributed by atoms with E-state index < -0.39 is 0 Å². The molecule has 1 aliphatic heterocycles. The average molecular weight is 768 g/mol. The minimum Gasteiger partial charge on any atom is -0.504 e. The molecule has 50 heavy (non-hydrogen) atoms. The van der Waals surface area contributed by atoms with E-state index in [0.29, 0.717) is 56.9 Å². The lowest BCUT2D eigenvalue weighted by Crippen LogP contribution is -2.33. The normalized spacial score (nSPS) is 13.7. The van der Waals surface area contributed by atoms with E-state index in [1.165, 1.54) is 18.2 Å². The molecule has 1 amide bonds. The molecule has 2 atom stereocenters. The predicted octanol–water partition coefficient (Wildman–Crippen LogP) is 8.21. The molecule has 0 saturated heterocycles. The van der Waals surface area contributed by atoms with Gasteiger partial charge in [0.05, 0.1) is 26.9 Å². The van der Waals surface area contributed by atoms with Gasteiger partial charge in [0.15, 0.2) is 34.5 Å². The highest BCUT2D eigenvalue weighted by molar-refractivity contribution is 9.10. The molecule has 11 heteroatoms. The predicted molar refractivity (Wildman–Crippen MR) is 198 cm³/mol. The number of methoxy groups -OCH3 is 3. The third-order valence-corrected chi connectivity index (χ3v) is 10.2. The van der Waals surface area contributed by atoms with Gasteiger partial charge >= 0.3 is 0 Å². The Bertz CT molecular complexity index is 1840. The largest absolute Gasteiger partial charge is 0.504 e. The number of halogens is 2. The minimum absolute atomic E-state index is 0.0888. The summed E-state index contributed by atoms with van der Waals surface area (Å²) in [5, 5.41) is 23.5. The van der Waals surface area contributed by atoms with Crippen LogP contribution in [0, 0.1) is 0 Å². The molecule has 9 nitrogen and oxygen atoms in total. The number of phenolic OH excluding ortho intramolecular Hbond substituents is 2. The molecule has 0 aromatic heterocycles. The molecule has 0 bridgehead atoms. The van der Waals surface area contributed by atoms with Crippen LogP contribution >= 0.6 is 27.5 Å². The molecule has 0 aliphatic carbocycles. The van der Waals surface area contributed by atoms with Crippen LogP contribution in [0.25, 0.3) is 0 Å². The van der Waals surface area contributed by atoms with Gasteiger partial charge in [0.2, 0.25) is 0 Å². The van der Waals surface area contributed by atoms with Crippen molar-refractivity contribution < 1.29 is 34.0 Å². The lowest BCUT2D eigenvalue weighted by molar-refractivity contribution is 0.0932. The summed E-state index contributed by atoms with van der Waals surface area (Å²) >= 11 is 10.4. The second-order valence-corrected chi connectivity index (χ2v) is 13.9. The molecule has 1 heterocycles. The zero-order valence-electron chi connectivity index (χ0n) is 29.0. The molecule has 4 aromatic carbocycles. The highest BCUT2D eigenvalue weighted by Crippen LogP contribution is 2.38. The molecule has 0 fully saturated rings. The van der Waals surface area contributed by atoms with E-state index >= 15 is 0 Å². The fraction of sp³-hybridized carbons (Fsp3) is 0.359. The van der Waals surface area contributed by atoms with Crippen molar-refractivity contribution in [2.75, 3.05) is 21.3 Å². The number of benzene rings is 4. The van der Waals surface area contributed by atoms with Gasteiger partial charge in [0.25, 0.3) is 5.91 Å². The number of aromatic hydroxyl groups is 2. The van der Waals surface area contributed by atoms with Gasteiger partial charge in [-0.25, -0.2) is 0 Å². The Labute approximate surface area is 307 Å². The first-order chi connectivity index (χ1) is 24.0. The smallest absolute Gasteiger partial charge is 0.256 e. The molecule has 0 saturated carbocycles. The number of hydrogen-bond acceptors (Lipinski definition) is 8. The molecular formula is C39H44BrClN2O7. The molecular weight excluding hydrogens is 724 g/mol. The zero-order chi connectivity index (χ0) is 35.9. The van der Waals surface area contributed by atoms with Crippen molar-refractivity contribution in [3.05, 3.63) is 104 Å². The summed E-state index contributed by atoms with van der Waals surface area (Å²) in [6.07, 6.45) is 3.16. The van der Waals surface area contributed by atoms with Crippen LogP contribution in [0.4, 0.5) is 0 Å². The summed E-state index contributed by atoms with van der Waals surface area (Å²) in [4.78, 5) is 16.1. The number of hydrogen-bond donors (Lipinski definition) is 3. The van der Waals surface area contributed by atoms with Crippen molar-refractivity contribution >= 4 is 33.4 Å². The zero-order valence-corrected chi connectivity index (χ0v) is 31.4. The summed E-state index contributed by atoms with van der Waals surface area (Å²) < 4.78 is 23.0. The number of nitrogens with zero attached hydrogens (tertiary/aromatic N) is 1. The van der Waals surface area contributed by atoms with Crippen LogP contribution < -0.4 is 24.3 Å². The highest BCUT2D eigenvalue weighted by Gasteiger charge is 2.26. The number of aryl methyl sites for hydroxylation is 2. The Morgan fingerprint density at radius 2 is 1.42 bits per heavy atom. The van der Waals surface area contributed by atoms with Crippen LogP contribution in [-0.4, -0.2) is 54.4 Å². The minimum atomic E-state index is -0.294. The highest BCUT2D eigenvalue weighted by atomic mass is 79.9. The summed E-state index contributed by atoms with van der Waals surface area (Å²) in [6.45, 7) is 5.92. The second-order valence-electron chi connectivity index (χ2n) is 12.7. The second kappa shape index (κ2) is 16.7. The number of amides is 1. The van der Waals surface area contributed by atoms with Crippen molar-refractivity contribution in [1.82, 2.24) is 10.2 Å². The molecule has 0 spiro atoms. The van der Waals surface area contributed by atoms with E-state index in [0.717, 1.165) is 42.6 Å². The van der Waals surface area contributed by atoms with Crippen LogP contribution in [0.15, 0.2) is 65.1 Å². The van der Waals surface area contributed by atoms with Crippen molar-refractivity contribution in [3.8, 4) is 34.5 Å². The van der Waals surface area contributed by atoms with E-state index in [9.17, 15) is 15.0 Å². The molecule has 5 rings (SSSR count). The van der Waals surface area contributed by atoms with E-state index in [2.05, 4.69) is 39.1 Å². The van der Waals surface area contributed by atoms with Gasteiger partial charge in [-0.3, -0.25) is 9.69 Å². The molecule has 266 valence electrons. The van der Waals surface area contributed by atoms with Gasteiger partial charge in [0, 0.05) is 40.2 Å². The van der Waals surface area contributed by atoms with Gasteiger partial charge in [0.1, 0.15) is 6.61 Å². The van der Waals surface area contributed by atoms with Gasteiger partial charge in [-0.2, -0.15) is 0 Å². The Hall–Kier alpha value is -4.12. The molecule has 2 unspecified atom stereocenters. The summed E-state index contributed by atoms with van der Waals surface area (Å²) in [7, 11) is 4.62. The van der Waals surface area contributed by atoms with Gasteiger partial charge in [-0.15, -0.1) is 0 Å². The quantitative estimate of drug-likeness (QED) is 0.111. The lowest BCUT2D eigenvalue weighted by Gasteiger charge is -2.23. The number of phenols is 2. The van der Waals surface area contributed by atoms with E-state index in [4.69, 9.17) is 30.5 Å². The third kappa shape index (κ3) is 8.78. The van der Waals surface area contributed by atoms with E-state index in [1.807, 2.05) is 31.2 Å². The van der Waals surface area contributed by atoms with Gasteiger partial charge in [-0.05, 0) is 126 Å². The Balaban J connectivity index is 1.23. The lowest BCUT2D eigenvalue weighted by atomic mass is 10.0. The fourth-order valence-electron chi connectivity index (χ4n) is 6.19. The van der Waals surface area contributed by atoms with Crippen molar-refractivity contribution in [3.63, 3.8) is 0 Å². The standard InChI is InChI=1S/C39H44BrClN2O7/c1-23(6-8-25-10-13-32(44)35(16-25)48-4)42-39(46)37-30(40)12-15-34(47-3)38(37)50-22-29-18-27-20-43(21-28(27)19-31(29)41)24(2)7-9-26-11-14-33(45)36(17-26)49-5/h10-19,23-24,44-45H,6-9,20-22H2,1-5H3,(H,42,46). The van der Waals surface area contributed by atoms with Crippen LogP contribution in [0.3, 0.4) is 0 Å². The van der Waals surface area contributed by atoms with Gasteiger partial charge < -0.3 is 34.5 Å². The summed E-state index contributed by atoms with van der Waals surface area (Å²) in [5.41, 5.74) is 5.66. The van der Waals surface area contributed by atoms with Crippen LogP contribution in [0.1, 0.15) is 64.9 Å². The monoisotopic (exact) mass is 766 g/mol. The third-order valence-electron chi connectivity index (χ3n) is 9.21. The number of ether oxygens (including phenoxy) is 4. The first kappa shape index (κ1) is 37.1. The first-order valence-electron chi connectivity index (χ1n) is 16.6. The number of nitrogens with one attached hydrogen (secondary N) is 1. The van der Waals surface area contributed by atoms with Gasteiger partial charge in [-0.1, -0.05) is 23.7 Å². The molecule has 1 aliphatic rings. The first-order valence-corrected chi connectivity index (χ1v) is 17.7. The summed E-state index contributed by atoms with van der Waals surface area (Å²) in [5.74, 6) is 1.60. The molecule has 3 N–H and O–H groups in total. The van der Waals surface area contributed by atoms with E-state index in [-0.39, 0.29) is 30.1 Å². The number of carbonyl (C=O) groups is 1. The van der Waals surface area contributed by atoms with E-state index in [1.54, 1.807) is 44.6 Å². The number of rotatable bonds is 15. The van der Waals surface area contributed by atoms with Crippen molar-refractivity contribution in [1.29, 1.82) is 0 Å². The molecule has 4 aromatic rings. The van der Waals surface area contributed by atoms with Crippen LogP contribution in [0.2, 0.25) is 5.02 Å². The van der Waals surface area contributed by atoms with Crippen LogP contribution in [-0.2, 0) is 32.5 Å². The maximum atomic E-state index is 13.7. The maximum absolute atomic E-state index is 13.7. The van der Waals surface area contributed by atoms with Crippen molar-refractivity contribution in [2.24, 2.45) is 0 Å². The fourth-order valence-corrected chi connectivity index (χ4v) is 6.92. The Morgan fingerprint density at radius 3 is 2.02 bits per heavy atom. The Kier molecular flexibility index (Phi) is 12.4. The number of fused-ring (bicyclic) bond motifs is 1. The Morgan fingerprint density at radius 1 is 0.840 bits per heavy atom. The van der Waals surface area contributed by atoms with Crippen LogP contribution in [0.5, 0.6) is 34.5 Å². The SMILES string of the molecule is COc1cc(CCC(C)NC(=O)c2c(Br)ccc(OC)c2OCc2cc3c(cc2Cl)CN(C(C)CCc2ccc(O)c(OC)c2)C3)ccc1O.